The first kappa shape index (κ1) is 13.3. The van der Waals surface area contributed by atoms with Gasteiger partial charge in [0.25, 0.3) is 5.91 Å². The van der Waals surface area contributed by atoms with Gasteiger partial charge in [-0.15, -0.1) is 0 Å². The lowest BCUT2D eigenvalue weighted by Gasteiger charge is -2.27. The second-order valence-corrected chi connectivity index (χ2v) is 4.84. The number of nitrogens with two attached hydrogens (primary N) is 1. The number of hydrogen-bond donors (Lipinski definition) is 3. The molecule has 1 aromatic rings. The van der Waals surface area contributed by atoms with Crippen molar-refractivity contribution < 1.29 is 14.7 Å². The molecule has 1 amide bonds. The monoisotopic (exact) mass is 263 g/mol. The number of carbonyl (C=O) groups excluding carboxylic acids is 1. The molecule has 0 radical (unpaired) electrons. The lowest BCUT2D eigenvalue weighted by Crippen LogP contribution is -2.39. The maximum Gasteiger partial charge on any atom is 0.306 e. The van der Waals surface area contributed by atoms with Crippen LogP contribution in [0.4, 0.5) is 5.82 Å². The number of rotatable bonds is 3. The molecular weight excluding hydrogens is 246 g/mol. The third-order valence-corrected chi connectivity index (χ3v) is 3.41. The van der Waals surface area contributed by atoms with Gasteiger partial charge in [-0.25, -0.2) is 4.98 Å². The minimum Gasteiger partial charge on any atom is -0.481 e. The Morgan fingerprint density at radius 1 is 1.37 bits per heavy atom. The number of amides is 1. The van der Waals surface area contributed by atoms with E-state index in [1.54, 1.807) is 12.1 Å². The molecule has 1 saturated carbocycles. The minimum atomic E-state index is -0.784. The number of aromatic nitrogens is 1. The van der Waals surface area contributed by atoms with Crippen molar-refractivity contribution in [1.82, 2.24) is 10.3 Å². The van der Waals surface area contributed by atoms with Gasteiger partial charge in [-0.05, 0) is 31.4 Å². The smallest absolute Gasteiger partial charge is 0.306 e. The van der Waals surface area contributed by atoms with E-state index in [2.05, 4.69) is 10.3 Å². The SMILES string of the molecule is Nc1ccc(C(=O)NC2CCCC(C(=O)O)C2)cn1. The Kier molecular flexibility index (Phi) is 3.99. The van der Waals surface area contributed by atoms with Crippen LogP contribution in [-0.2, 0) is 4.79 Å². The third kappa shape index (κ3) is 3.43. The number of pyridine rings is 1. The van der Waals surface area contributed by atoms with Crippen molar-refractivity contribution in [1.29, 1.82) is 0 Å². The number of carbonyl (C=O) groups is 2. The molecule has 0 aliphatic heterocycles. The lowest BCUT2D eigenvalue weighted by molar-refractivity contribution is -0.143. The summed E-state index contributed by atoms with van der Waals surface area (Å²) in [6, 6.07) is 3.09. The zero-order chi connectivity index (χ0) is 13.8. The highest BCUT2D eigenvalue weighted by Crippen LogP contribution is 2.24. The van der Waals surface area contributed by atoms with Gasteiger partial charge in [0.05, 0.1) is 11.5 Å². The molecule has 1 aromatic heterocycles. The van der Waals surface area contributed by atoms with Gasteiger partial charge in [-0.1, -0.05) is 6.42 Å². The second kappa shape index (κ2) is 5.69. The molecule has 0 bridgehead atoms. The summed E-state index contributed by atoms with van der Waals surface area (Å²) >= 11 is 0. The van der Waals surface area contributed by atoms with E-state index in [9.17, 15) is 9.59 Å². The molecule has 1 fully saturated rings. The van der Waals surface area contributed by atoms with E-state index in [0.717, 1.165) is 12.8 Å². The Bertz CT molecular complexity index is 473. The summed E-state index contributed by atoms with van der Waals surface area (Å²) in [6.45, 7) is 0. The van der Waals surface area contributed by atoms with Crippen LogP contribution in [0, 0.1) is 5.92 Å². The first-order valence-corrected chi connectivity index (χ1v) is 6.31. The van der Waals surface area contributed by atoms with Crippen LogP contribution in [0.2, 0.25) is 0 Å². The summed E-state index contributed by atoms with van der Waals surface area (Å²) in [5.41, 5.74) is 5.89. The number of hydrogen-bond acceptors (Lipinski definition) is 4. The van der Waals surface area contributed by atoms with Crippen molar-refractivity contribution in [2.45, 2.75) is 31.7 Å². The van der Waals surface area contributed by atoms with Crippen molar-refractivity contribution in [2.24, 2.45) is 5.92 Å². The molecular formula is C13H17N3O3. The van der Waals surface area contributed by atoms with E-state index in [-0.39, 0.29) is 17.9 Å². The molecule has 4 N–H and O–H groups in total. The first-order chi connectivity index (χ1) is 9.06. The van der Waals surface area contributed by atoms with Crippen LogP contribution in [-0.4, -0.2) is 28.0 Å². The summed E-state index contributed by atoms with van der Waals surface area (Å²) in [6.07, 6.45) is 4.23. The van der Waals surface area contributed by atoms with E-state index in [0.29, 0.717) is 24.2 Å². The van der Waals surface area contributed by atoms with Crippen LogP contribution in [0.5, 0.6) is 0 Å². The predicted octanol–water partition coefficient (Wildman–Crippen LogP) is 1.04. The first-order valence-electron chi connectivity index (χ1n) is 6.31. The molecule has 1 aliphatic carbocycles. The maximum atomic E-state index is 12.0. The molecule has 6 heteroatoms. The number of carboxylic acid groups (broad SMARTS) is 1. The van der Waals surface area contributed by atoms with Crippen LogP contribution < -0.4 is 11.1 Å². The Morgan fingerprint density at radius 2 is 2.16 bits per heavy atom. The quantitative estimate of drug-likeness (QED) is 0.755. The highest BCUT2D eigenvalue weighted by Gasteiger charge is 2.27. The van der Waals surface area contributed by atoms with Crippen molar-refractivity contribution >= 4 is 17.7 Å². The van der Waals surface area contributed by atoms with Gasteiger partial charge in [-0.2, -0.15) is 0 Å². The highest BCUT2D eigenvalue weighted by molar-refractivity contribution is 5.94. The van der Waals surface area contributed by atoms with Crippen LogP contribution in [0.25, 0.3) is 0 Å². The predicted molar refractivity (Wildman–Crippen MR) is 69.5 cm³/mol. The van der Waals surface area contributed by atoms with Gasteiger partial charge in [0, 0.05) is 12.2 Å². The van der Waals surface area contributed by atoms with Gasteiger partial charge in [0.15, 0.2) is 0 Å². The molecule has 0 spiro atoms. The lowest BCUT2D eigenvalue weighted by atomic mass is 9.85. The summed E-state index contributed by atoms with van der Waals surface area (Å²) in [5.74, 6) is -1.01. The zero-order valence-corrected chi connectivity index (χ0v) is 10.5. The van der Waals surface area contributed by atoms with Crippen molar-refractivity contribution in [3.05, 3.63) is 23.9 Å². The Balaban J connectivity index is 1.95. The van der Waals surface area contributed by atoms with Gasteiger partial charge >= 0.3 is 5.97 Å². The van der Waals surface area contributed by atoms with Crippen molar-refractivity contribution in [2.75, 3.05) is 5.73 Å². The molecule has 6 nitrogen and oxygen atoms in total. The number of nitrogens with zero attached hydrogens (tertiary/aromatic N) is 1. The van der Waals surface area contributed by atoms with E-state index >= 15 is 0 Å². The summed E-state index contributed by atoms with van der Waals surface area (Å²) in [7, 11) is 0. The number of carboxylic acids is 1. The van der Waals surface area contributed by atoms with Crippen LogP contribution in [0.1, 0.15) is 36.0 Å². The molecule has 0 saturated heterocycles. The molecule has 102 valence electrons. The van der Waals surface area contributed by atoms with Gasteiger partial charge in [0.1, 0.15) is 5.82 Å². The number of nitrogens with one attached hydrogen (secondary N) is 1. The van der Waals surface area contributed by atoms with E-state index < -0.39 is 5.97 Å². The maximum absolute atomic E-state index is 12.0. The van der Waals surface area contributed by atoms with Crippen molar-refractivity contribution in [3.63, 3.8) is 0 Å². The standard InChI is InChI=1S/C13H17N3O3/c14-11-5-4-9(7-15-11)12(17)16-10-3-1-2-8(6-10)13(18)19/h4-5,7-8,10H,1-3,6H2,(H2,14,15)(H,16,17)(H,18,19). The Morgan fingerprint density at radius 3 is 2.79 bits per heavy atom. The minimum absolute atomic E-state index is 0.0834. The van der Waals surface area contributed by atoms with Gasteiger partial charge in [-0.3, -0.25) is 9.59 Å². The van der Waals surface area contributed by atoms with E-state index in [1.165, 1.54) is 6.20 Å². The molecule has 2 unspecified atom stereocenters. The topological polar surface area (TPSA) is 105 Å². The fourth-order valence-electron chi connectivity index (χ4n) is 2.35. The summed E-state index contributed by atoms with van der Waals surface area (Å²) < 4.78 is 0. The van der Waals surface area contributed by atoms with Crippen LogP contribution >= 0.6 is 0 Å². The summed E-state index contributed by atoms with van der Waals surface area (Å²) in [4.78, 5) is 26.8. The molecule has 2 atom stereocenters. The third-order valence-electron chi connectivity index (χ3n) is 3.41. The van der Waals surface area contributed by atoms with Crippen LogP contribution in [0.3, 0.4) is 0 Å². The normalized spacial score (nSPS) is 22.7. The molecule has 2 rings (SSSR count). The Hall–Kier alpha value is -2.11. The van der Waals surface area contributed by atoms with Gasteiger partial charge in [0.2, 0.25) is 0 Å². The average molecular weight is 263 g/mol. The number of anilines is 1. The van der Waals surface area contributed by atoms with Crippen LogP contribution in [0.15, 0.2) is 18.3 Å². The molecule has 0 aromatic carbocycles. The van der Waals surface area contributed by atoms with E-state index in [1.807, 2.05) is 0 Å². The summed E-state index contributed by atoms with van der Waals surface area (Å²) in [5, 5.41) is 11.9. The second-order valence-electron chi connectivity index (χ2n) is 4.84. The molecule has 19 heavy (non-hydrogen) atoms. The molecule has 1 aliphatic rings. The van der Waals surface area contributed by atoms with Gasteiger partial charge < -0.3 is 16.2 Å². The number of nitrogen functional groups attached to an aromatic ring is 1. The fraction of sp³-hybridized carbons (Fsp3) is 0.462. The van der Waals surface area contributed by atoms with E-state index in [4.69, 9.17) is 10.8 Å². The molecule has 1 heterocycles. The zero-order valence-electron chi connectivity index (χ0n) is 10.5. The number of aliphatic carboxylic acids is 1. The van der Waals surface area contributed by atoms with Crippen molar-refractivity contribution in [3.8, 4) is 0 Å². The Labute approximate surface area is 111 Å². The highest BCUT2D eigenvalue weighted by atomic mass is 16.4. The average Bonchev–Trinajstić information content (AvgIpc) is 2.39. The largest absolute Gasteiger partial charge is 0.481 e. The fourth-order valence-corrected chi connectivity index (χ4v) is 2.35.